The molecule has 0 spiro atoms. The molecule has 124 valence electrons. The van der Waals surface area contributed by atoms with E-state index in [1.807, 2.05) is 13.8 Å². The fourth-order valence-electron chi connectivity index (χ4n) is 2.90. The molecular weight excluding hydrogens is 298 g/mol. The quantitative estimate of drug-likeness (QED) is 0.619. The first-order chi connectivity index (χ1) is 10.5. The van der Waals surface area contributed by atoms with Gasteiger partial charge in [0, 0.05) is 25.4 Å². The Labute approximate surface area is 137 Å². The molecule has 1 saturated carbocycles. The number of amides is 1. The maximum Gasteiger partial charge on any atom is 0.233 e. The summed E-state index contributed by atoms with van der Waals surface area (Å²) in [6.45, 7) is 7.21. The molecule has 1 aliphatic carbocycles. The Hall–Kier alpha value is -1.01. The van der Waals surface area contributed by atoms with Crippen LogP contribution in [0.3, 0.4) is 0 Å². The molecule has 1 fully saturated rings. The maximum atomic E-state index is 12.1. The smallest absolute Gasteiger partial charge is 0.233 e. The van der Waals surface area contributed by atoms with E-state index in [-0.39, 0.29) is 11.2 Å². The third-order valence-electron chi connectivity index (χ3n) is 4.30. The van der Waals surface area contributed by atoms with Gasteiger partial charge in [-0.25, -0.2) is 4.98 Å². The molecule has 1 aliphatic rings. The van der Waals surface area contributed by atoms with Crippen molar-refractivity contribution in [1.29, 1.82) is 0 Å². The summed E-state index contributed by atoms with van der Waals surface area (Å²) in [5, 5.41) is 3.72. The molecule has 0 radical (unpaired) electrons. The summed E-state index contributed by atoms with van der Waals surface area (Å²) in [4.78, 5) is 16.8. The van der Waals surface area contributed by atoms with Crippen LogP contribution in [0.4, 0.5) is 0 Å². The molecule has 0 aromatic carbocycles. The lowest BCUT2D eigenvalue weighted by atomic mass is 10.2. The highest BCUT2D eigenvalue weighted by Gasteiger charge is 2.25. The van der Waals surface area contributed by atoms with Crippen LogP contribution in [0.5, 0.6) is 0 Å². The lowest BCUT2D eigenvalue weighted by molar-refractivity contribution is -0.120. The number of rotatable bonds is 7. The summed E-state index contributed by atoms with van der Waals surface area (Å²) in [6.07, 6.45) is 5.02. The summed E-state index contributed by atoms with van der Waals surface area (Å²) in [5.74, 6) is 0.0401. The minimum absolute atomic E-state index is 0.0401. The molecule has 1 unspecified atom stereocenters. The number of aromatic nitrogens is 2. The van der Waals surface area contributed by atoms with Gasteiger partial charge >= 0.3 is 0 Å². The predicted molar refractivity (Wildman–Crippen MR) is 89.4 cm³/mol. The molecule has 1 N–H and O–H groups in total. The number of nitrogens with zero attached hydrogens (tertiary/aromatic N) is 2. The van der Waals surface area contributed by atoms with Gasteiger partial charge < -0.3 is 14.6 Å². The molecule has 5 nitrogen and oxygen atoms in total. The molecule has 1 heterocycles. The lowest BCUT2D eigenvalue weighted by Crippen LogP contribution is -2.33. The van der Waals surface area contributed by atoms with Crippen LogP contribution in [0, 0.1) is 13.8 Å². The zero-order valence-corrected chi connectivity index (χ0v) is 14.8. The van der Waals surface area contributed by atoms with Crippen molar-refractivity contribution < 1.29 is 9.53 Å². The first-order valence-electron chi connectivity index (χ1n) is 8.03. The normalized spacial score (nSPS) is 16.9. The number of imidazole rings is 1. The van der Waals surface area contributed by atoms with E-state index in [1.165, 1.54) is 31.4 Å². The van der Waals surface area contributed by atoms with E-state index < -0.39 is 0 Å². The average Bonchev–Trinajstić information content (AvgIpc) is 3.08. The number of carbonyl (C=O) groups is 1. The van der Waals surface area contributed by atoms with Crippen molar-refractivity contribution in [3.8, 4) is 0 Å². The fourth-order valence-corrected chi connectivity index (χ4v) is 4.00. The number of aryl methyl sites for hydroxylation is 1. The second kappa shape index (κ2) is 8.02. The summed E-state index contributed by atoms with van der Waals surface area (Å²) in [5.41, 5.74) is 2.31. The Morgan fingerprint density at radius 1 is 1.45 bits per heavy atom. The molecule has 0 saturated heterocycles. The van der Waals surface area contributed by atoms with Crippen LogP contribution >= 0.6 is 11.8 Å². The van der Waals surface area contributed by atoms with Gasteiger partial charge in [0.15, 0.2) is 5.16 Å². The molecule has 0 aliphatic heterocycles. The third-order valence-corrected chi connectivity index (χ3v) is 5.37. The lowest BCUT2D eigenvalue weighted by Gasteiger charge is -2.18. The van der Waals surface area contributed by atoms with Gasteiger partial charge in [0.2, 0.25) is 5.91 Å². The number of thioether (sulfide) groups is 1. The van der Waals surface area contributed by atoms with Crippen molar-refractivity contribution in [1.82, 2.24) is 14.9 Å². The summed E-state index contributed by atoms with van der Waals surface area (Å²) in [7, 11) is 1.63. The first-order valence-corrected chi connectivity index (χ1v) is 8.91. The van der Waals surface area contributed by atoms with Crippen LogP contribution < -0.4 is 5.32 Å². The van der Waals surface area contributed by atoms with Gasteiger partial charge in [-0.2, -0.15) is 0 Å². The molecule has 22 heavy (non-hydrogen) atoms. The van der Waals surface area contributed by atoms with E-state index in [0.29, 0.717) is 19.2 Å². The number of nitrogens with one attached hydrogen (secondary N) is 1. The molecule has 1 amide bonds. The Bertz CT molecular complexity index is 510. The molecule has 1 atom stereocenters. The van der Waals surface area contributed by atoms with Crippen molar-refractivity contribution >= 4 is 17.7 Å². The van der Waals surface area contributed by atoms with Crippen molar-refractivity contribution in [2.45, 2.75) is 62.9 Å². The van der Waals surface area contributed by atoms with Gasteiger partial charge in [0.1, 0.15) is 0 Å². The molecule has 0 bridgehead atoms. The van der Waals surface area contributed by atoms with Crippen LogP contribution in [0.15, 0.2) is 5.16 Å². The monoisotopic (exact) mass is 325 g/mol. The van der Waals surface area contributed by atoms with Crippen molar-refractivity contribution in [3.05, 3.63) is 11.4 Å². The van der Waals surface area contributed by atoms with Gasteiger partial charge in [0.25, 0.3) is 0 Å². The third kappa shape index (κ3) is 4.04. The first kappa shape index (κ1) is 17.3. The largest absolute Gasteiger partial charge is 0.383 e. The van der Waals surface area contributed by atoms with Crippen LogP contribution in [0.25, 0.3) is 0 Å². The van der Waals surface area contributed by atoms with Crippen molar-refractivity contribution in [2.24, 2.45) is 0 Å². The van der Waals surface area contributed by atoms with E-state index >= 15 is 0 Å². The summed E-state index contributed by atoms with van der Waals surface area (Å²) >= 11 is 1.56. The van der Waals surface area contributed by atoms with E-state index in [1.54, 1.807) is 18.9 Å². The predicted octanol–water partition coefficient (Wildman–Crippen LogP) is 2.86. The number of ether oxygens (including phenoxy) is 1. The van der Waals surface area contributed by atoms with Crippen LogP contribution in [0.2, 0.25) is 0 Å². The van der Waals surface area contributed by atoms with Gasteiger partial charge in [-0.1, -0.05) is 24.6 Å². The molecule has 1 aromatic heterocycles. The molecular formula is C16H27N3O2S. The highest BCUT2D eigenvalue weighted by molar-refractivity contribution is 8.00. The molecule has 6 heteroatoms. The van der Waals surface area contributed by atoms with E-state index in [2.05, 4.69) is 16.8 Å². The topological polar surface area (TPSA) is 56.1 Å². The Morgan fingerprint density at radius 3 is 2.77 bits per heavy atom. The SMILES string of the molecule is COCCNC(=O)C(C)Sc1nc(C)c(C)n1C1CCCC1. The average molecular weight is 325 g/mol. The minimum Gasteiger partial charge on any atom is -0.383 e. The van der Waals surface area contributed by atoms with E-state index in [4.69, 9.17) is 9.72 Å². The number of hydrogen-bond acceptors (Lipinski definition) is 4. The zero-order chi connectivity index (χ0) is 16.1. The molecule has 2 rings (SSSR count). The molecule has 1 aromatic rings. The summed E-state index contributed by atoms with van der Waals surface area (Å²) < 4.78 is 7.31. The van der Waals surface area contributed by atoms with Gasteiger partial charge in [-0.05, 0) is 33.6 Å². The number of hydrogen-bond donors (Lipinski definition) is 1. The summed E-state index contributed by atoms with van der Waals surface area (Å²) in [6, 6.07) is 0.549. The van der Waals surface area contributed by atoms with Crippen molar-refractivity contribution in [2.75, 3.05) is 20.3 Å². The van der Waals surface area contributed by atoms with Crippen LogP contribution in [-0.4, -0.2) is 41.0 Å². The van der Waals surface area contributed by atoms with E-state index in [0.717, 1.165) is 10.9 Å². The fraction of sp³-hybridized carbons (Fsp3) is 0.750. The Morgan fingerprint density at radius 2 is 2.14 bits per heavy atom. The minimum atomic E-state index is -0.154. The number of carbonyl (C=O) groups excluding carboxylic acids is 1. The standard InChI is InChI=1S/C16H27N3O2S/c1-11-12(2)19(14-7-5-6-8-14)16(18-11)22-13(3)15(20)17-9-10-21-4/h13-14H,5-10H2,1-4H3,(H,17,20). The highest BCUT2D eigenvalue weighted by atomic mass is 32.2. The Kier molecular flexibility index (Phi) is 6.32. The second-order valence-corrected chi connectivity index (χ2v) is 7.23. The second-order valence-electron chi connectivity index (χ2n) is 5.92. The number of methoxy groups -OCH3 is 1. The highest BCUT2D eigenvalue weighted by Crippen LogP contribution is 2.36. The zero-order valence-electron chi connectivity index (χ0n) is 14.0. The van der Waals surface area contributed by atoms with Gasteiger partial charge in [0.05, 0.1) is 17.6 Å². The van der Waals surface area contributed by atoms with Crippen LogP contribution in [-0.2, 0) is 9.53 Å². The maximum absolute atomic E-state index is 12.1. The van der Waals surface area contributed by atoms with Crippen molar-refractivity contribution in [3.63, 3.8) is 0 Å². The van der Waals surface area contributed by atoms with Gasteiger partial charge in [-0.3, -0.25) is 4.79 Å². The Balaban J connectivity index is 2.05. The van der Waals surface area contributed by atoms with Crippen LogP contribution in [0.1, 0.15) is 50.0 Å². The van der Waals surface area contributed by atoms with Gasteiger partial charge in [-0.15, -0.1) is 0 Å². The van der Waals surface area contributed by atoms with E-state index in [9.17, 15) is 4.79 Å².